The van der Waals surface area contributed by atoms with Crippen LogP contribution in [0.15, 0.2) is 41.7 Å². The lowest BCUT2D eigenvalue weighted by atomic mass is 10.0. The minimum Gasteiger partial charge on any atom is -0.354 e. The van der Waals surface area contributed by atoms with Gasteiger partial charge in [-0.1, -0.05) is 30.3 Å². The highest BCUT2D eigenvalue weighted by atomic mass is 15.3. The van der Waals surface area contributed by atoms with E-state index in [1.165, 1.54) is 5.56 Å². The highest BCUT2D eigenvalue weighted by molar-refractivity contribution is 5.79. The van der Waals surface area contributed by atoms with Crippen LogP contribution in [0, 0.1) is 0 Å². The van der Waals surface area contributed by atoms with Crippen molar-refractivity contribution in [3.05, 3.63) is 48.0 Å². The molecule has 0 bridgehead atoms. The molecule has 0 aliphatic carbocycles. The first-order chi connectivity index (χ1) is 12.2. The predicted octanol–water partition coefficient (Wildman–Crippen LogP) is 1.14. The third-order valence-electron chi connectivity index (χ3n) is 4.62. The van der Waals surface area contributed by atoms with Gasteiger partial charge in [-0.2, -0.15) is 5.10 Å². The first kappa shape index (κ1) is 17.4. The number of piperidine rings is 1. The number of nitrogens with one attached hydrogen (secondary N) is 2. The molecule has 2 aromatic rings. The molecule has 7 nitrogen and oxygen atoms in total. The van der Waals surface area contributed by atoms with Gasteiger partial charge in [0.15, 0.2) is 5.96 Å². The summed E-state index contributed by atoms with van der Waals surface area (Å²) in [7, 11) is 3.69. The molecular weight excluding hydrogens is 314 g/mol. The molecule has 0 spiro atoms. The van der Waals surface area contributed by atoms with Crippen LogP contribution < -0.4 is 10.6 Å². The summed E-state index contributed by atoms with van der Waals surface area (Å²) in [5.41, 5.74) is 1.38. The van der Waals surface area contributed by atoms with E-state index in [4.69, 9.17) is 0 Å². The number of rotatable bonds is 5. The number of guanidine groups is 1. The molecule has 1 aliphatic heterocycles. The number of aryl methyl sites for hydroxylation is 1. The molecule has 0 radical (unpaired) electrons. The summed E-state index contributed by atoms with van der Waals surface area (Å²) < 4.78 is 1.77. The van der Waals surface area contributed by atoms with Crippen molar-refractivity contribution in [2.45, 2.75) is 32.0 Å². The Labute approximate surface area is 149 Å². The van der Waals surface area contributed by atoms with Crippen LogP contribution in [-0.2, 0) is 20.1 Å². The van der Waals surface area contributed by atoms with Gasteiger partial charge in [0.1, 0.15) is 12.2 Å². The molecule has 1 fully saturated rings. The SMILES string of the molecule is CN=C(NCc1ncnn1C)NC1CCN(Cc2ccccc2)CC1. The zero-order valence-electron chi connectivity index (χ0n) is 15.0. The smallest absolute Gasteiger partial charge is 0.191 e. The molecule has 1 aromatic heterocycles. The van der Waals surface area contributed by atoms with Gasteiger partial charge in [-0.05, 0) is 18.4 Å². The van der Waals surface area contributed by atoms with Gasteiger partial charge in [0, 0.05) is 39.8 Å². The highest BCUT2D eigenvalue weighted by Gasteiger charge is 2.20. The van der Waals surface area contributed by atoms with Crippen molar-refractivity contribution in [1.82, 2.24) is 30.3 Å². The molecule has 2 N–H and O–H groups in total. The average molecular weight is 341 g/mol. The van der Waals surface area contributed by atoms with Gasteiger partial charge in [-0.15, -0.1) is 0 Å². The molecule has 134 valence electrons. The summed E-state index contributed by atoms with van der Waals surface area (Å²) >= 11 is 0. The lowest BCUT2D eigenvalue weighted by Gasteiger charge is -2.33. The summed E-state index contributed by atoms with van der Waals surface area (Å²) in [5, 5.41) is 10.9. The fourth-order valence-electron chi connectivity index (χ4n) is 3.11. The number of hydrogen-bond acceptors (Lipinski definition) is 4. The van der Waals surface area contributed by atoms with Crippen molar-refractivity contribution in [2.75, 3.05) is 20.1 Å². The number of aliphatic imine (C=N–C) groups is 1. The topological polar surface area (TPSA) is 70.4 Å². The summed E-state index contributed by atoms with van der Waals surface area (Å²) in [6.07, 6.45) is 3.81. The third-order valence-corrected chi connectivity index (χ3v) is 4.62. The lowest BCUT2D eigenvalue weighted by Crippen LogP contribution is -2.48. The Bertz CT molecular complexity index is 672. The van der Waals surface area contributed by atoms with E-state index in [1.807, 2.05) is 7.05 Å². The third kappa shape index (κ3) is 5.03. The van der Waals surface area contributed by atoms with Gasteiger partial charge in [-0.3, -0.25) is 14.6 Å². The number of hydrogen-bond donors (Lipinski definition) is 2. The van der Waals surface area contributed by atoms with Gasteiger partial charge < -0.3 is 10.6 Å². The quantitative estimate of drug-likeness (QED) is 0.630. The maximum atomic E-state index is 4.32. The molecule has 0 unspecified atom stereocenters. The minimum atomic E-state index is 0.456. The van der Waals surface area contributed by atoms with E-state index in [-0.39, 0.29) is 0 Å². The second-order valence-corrected chi connectivity index (χ2v) is 6.41. The van der Waals surface area contributed by atoms with Crippen molar-refractivity contribution >= 4 is 5.96 Å². The van der Waals surface area contributed by atoms with Crippen LogP contribution in [0.25, 0.3) is 0 Å². The maximum Gasteiger partial charge on any atom is 0.191 e. The Balaban J connectivity index is 1.42. The van der Waals surface area contributed by atoms with Crippen molar-refractivity contribution in [3.8, 4) is 0 Å². The van der Waals surface area contributed by atoms with E-state index in [0.717, 1.165) is 44.3 Å². The molecular formula is C18H27N7. The van der Waals surface area contributed by atoms with E-state index in [1.54, 1.807) is 18.1 Å². The average Bonchev–Trinajstić information content (AvgIpc) is 3.06. The normalized spacial score (nSPS) is 16.8. The van der Waals surface area contributed by atoms with Crippen molar-refractivity contribution in [3.63, 3.8) is 0 Å². The Morgan fingerprint density at radius 1 is 1.24 bits per heavy atom. The van der Waals surface area contributed by atoms with E-state index < -0.39 is 0 Å². The number of benzene rings is 1. The van der Waals surface area contributed by atoms with Crippen LogP contribution in [-0.4, -0.2) is 51.8 Å². The molecule has 3 rings (SSSR count). The second kappa shape index (κ2) is 8.62. The molecule has 1 aromatic carbocycles. The molecule has 2 heterocycles. The number of likely N-dealkylation sites (tertiary alicyclic amines) is 1. The highest BCUT2D eigenvalue weighted by Crippen LogP contribution is 2.13. The Morgan fingerprint density at radius 3 is 2.64 bits per heavy atom. The monoisotopic (exact) mass is 341 g/mol. The summed E-state index contributed by atoms with van der Waals surface area (Å²) in [6, 6.07) is 11.1. The summed E-state index contributed by atoms with van der Waals surface area (Å²) in [6.45, 7) is 3.86. The Kier molecular flexibility index (Phi) is 6.00. The van der Waals surface area contributed by atoms with Gasteiger partial charge in [0.25, 0.3) is 0 Å². The van der Waals surface area contributed by atoms with Crippen LogP contribution in [0.5, 0.6) is 0 Å². The van der Waals surface area contributed by atoms with Gasteiger partial charge in [0.2, 0.25) is 0 Å². The first-order valence-corrected chi connectivity index (χ1v) is 8.81. The fourth-order valence-corrected chi connectivity index (χ4v) is 3.11. The van der Waals surface area contributed by atoms with Crippen LogP contribution in [0.2, 0.25) is 0 Å². The first-order valence-electron chi connectivity index (χ1n) is 8.81. The maximum absolute atomic E-state index is 4.32. The van der Waals surface area contributed by atoms with E-state index in [9.17, 15) is 0 Å². The zero-order chi connectivity index (χ0) is 17.5. The molecule has 0 saturated carbocycles. The van der Waals surface area contributed by atoms with Crippen LogP contribution in [0.4, 0.5) is 0 Å². The number of nitrogens with zero attached hydrogens (tertiary/aromatic N) is 5. The minimum absolute atomic E-state index is 0.456. The molecule has 1 saturated heterocycles. The van der Waals surface area contributed by atoms with E-state index in [2.05, 4.69) is 60.9 Å². The standard InChI is InChI=1S/C18H27N7/c1-19-18(20-12-17-21-14-22-24(17)2)23-16-8-10-25(11-9-16)13-15-6-4-3-5-7-15/h3-7,14,16H,8-13H2,1-2H3,(H2,19,20,23). The summed E-state index contributed by atoms with van der Waals surface area (Å²) in [4.78, 5) is 11.1. The lowest BCUT2D eigenvalue weighted by molar-refractivity contribution is 0.198. The molecule has 1 aliphatic rings. The Hall–Kier alpha value is -2.41. The van der Waals surface area contributed by atoms with Crippen molar-refractivity contribution < 1.29 is 0 Å². The zero-order valence-corrected chi connectivity index (χ0v) is 15.0. The van der Waals surface area contributed by atoms with E-state index in [0.29, 0.717) is 12.6 Å². The fraction of sp³-hybridized carbons (Fsp3) is 0.500. The van der Waals surface area contributed by atoms with E-state index >= 15 is 0 Å². The van der Waals surface area contributed by atoms with Gasteiger partial charge in [0.05, 0.1) is 6.54 Å². The van der Waals surface area contributed by atoms with Gasteiger partial charge in [-0.25, -0.2) is 4.98 Å². The van der Waals surface area contributed by atoms with Gasteiger partial charge >= 0.3 is 0 Å². The van der Waals surface area contributed by atoms with Crippen LogP contribution >= 0.6 is 0 Å². The molecule has 0 atom stereocenters. The van der Waals surface area contributed by atoms with Crippen molar-refractivity contribution in [1.29, 1.82) is 0 Å². The van der Waals surface area contributed by atoms with Crippen LogP contribution in [0.1, 0.15) is 24.2 Å². The Morgan fingerprint density at radius 2 is 2.00 bits per heavy atom. The number of aromatic nitrogens is 3. The largest absolute Gasteiger partial charge is 0.354 e. The van der Waals surface area contributed by atoms with Crippen molar-refractivity contribution in [2.24, 2.45) is 12.0 Å². The molecule has 25 heavy (non-hydrogen) atoms. The second-order valence-electron chi connectivity index (χ2n) is 6.41. The summed E-state index contributed by atoms with van der Waals surface area (Å²) in [5.74, 6) is 1.71. The molecule has 0 amide bonds. The predicted molar refractivity (Wildman–Crippen MR) is 99.1 cm³/mol. The van der Waals surface area contributed by atoms with Crippen LogP contribution in [0.3, 0.4) is 0 Å². The molecule has 7 heteroatoms.